The number of nitrogens with zero attached hydrogens (tertiary/aromatic N) is 1. The second kappa shape index (κ2) is 4.89. The van der Waals surface area contributed by atoms with Gasteiger partial charge in [0.1, 0.15) is 5.82 Å². The lowest BCUT2D eigenvalue weighted by Gasteiger charge is -2.08. The third kappa shape index (κ3) is 2.39. The smallest absolute Gasteiger partial charge is 0.125 e. The highest BCUT2D eigenvalue weighted by Gasteiger charge is 2.10. The molecule has 0 bridgehead atoms. The van der Waals surface area contributed by atoms with Crippen LogP contribution in [0.15, 0.2) is 18.2 Å². The van der Waals surface area contributed by atoms with E-state index in [-0.39, 0.29) is 5.82 Å². The number of halogens is 1. The first-order valence-corrected chi connectivity index (χ1v) is 6.29. The van der Waals surface area contributed by atoms with Gasteiger partial charge in [0.25, 0.3) is 0 Å². The summed E-state index contributed by atoms with van der Waals surface area (Å²) in [5, 5.41) is 1.05. The average molecular weight is 238 g/mol. The van der Waals surface area contributed by atoms with Crippen LogP contribution in [0.25, 0.3) is 10.2 Å². The molecule has 0 aliphatic carbocycles. The van der Waals surface area contributed by atoms with Crippen LogP contribution in [0.4, 0.5) is 4.39 Å². The molecule has 0 amide bonds. The summed E-state index contributed by atoms with van der Waals surface area (Å²) in [5.74, 6) is 0.251. The van der Waals surface area contributed by atoms with Crippen molar-refractivity contribution in [2.24, 2.45) is 11.7 Å². The van der Waals surface area contributed by atoms with Crippen LogP contribution < -0.4 is 5.73 Å². The van der Waals surface area contributed by atoms with E-state index < -0.39 is 0 Å². The van der Waals surface area contributed by atoms with Gasteiger partial charge in [-0.3, -0.25) is 0 Å². The molecule has 0 spiro atoms. The number of fused-ring (bicyclic) bond motifs is 1. The van der Waals surface area contributed by atoms with Crippen LogP contribution in [-0.4, -0.2) is 11.5 Å². The minimum absolute atomic E-state index is 0.227. The molecule has 0 saturated heterocycles. The van der Waals surface area contributed by atoms with Crippen molar-refractivity contribution in [1.29, 1.82) is 0 Å². The summed E-state index contributed by atoms with van der Waals surface area (Å²) < 4.78 is 14.0. The van der Waals surface area contributed by atoms with Gasteiger partial charge in [-0.15, -0.1) is 11.3 Å². The van der Waals surface area contributed by atoms with Gasteiger partial charge in [-0.25, -0.2) is 9.37 Å². The molecule has 86 valence electrons. The van der Waals surface area contributed by atoms with Gasteiger partial charge in [-0.2, -0.15) is 0 Å². The maximum atomic E-state index is 13.0. The summed E-state index contributed by atoms with van der Waals surface area (Å²) in [4.78, 5) is 4.43. The first kappa shape index (κ1) is 11.5. The van der Waals surface area contributed by atoms with Crippen LogP contribution in [0.1, 0.15) is 18.4 Å². The van der Waals surface area contributed by atoms with Crippen molar-refractivity contribution in [1.82, 2.24) is 4.98 Å². The monoisotopic (exact) mass is 238 g/mol. The Morgan fingerprint density at radius 1 is 1.50 bits per heavy atom. The molecular formula is C12H15FN2S. The number of benzene rings is 1. The normalized spacial score (nSPS) is 13.2. The molecule has 2 nitrogen and oxygen atoms in total. The molecule has 1 aromatic carbocycles. The molecular weight excluding hydrogens is 223 g/mol. The fraction of sp³-hybridized carbons (Fsp3) is 0.417. The molecule has 2 rings (SSSR count). The SMILES string of the molecule is CCC(CN)Cc1nc2cc(F)ccc2s1. The van der Waals surface area contributed by atoms with Gasteiger partial charge in [0.05, 0.1) is 15.2 Å². The highest BCUT2D eigenvalue weighted by atomic mass is 32.1. The first-order valence-electron chi connectivity index (χ1n) is 5.48. The Kier molecular flexibility index (Phi) is 3.51. The van der Waals surface area contributed by atoms with E-state index in [1.165, 1.54) is 12.1 Å². The van der Waals surface area contributed by atoms with Gasteiger partial charge >= 0.3 is 0 Å². The topological polar surface area (TPSA) is 38.9 Å². The molecule has 1 atom stereocenters. The average Bonchev–Trinajstić information content (AvgIpc) is 2.67. The van der Waals surface area contributed by atoms with Gasteiger partial charge in [-0.1, -0.05) is 13.3 Å². The van der Waals surface area contributed by atoms with Gasteiger partial charge in [0, 0.05) is 12.5 Å². The van der Waals surface area contributed by atoms with Crippen molar-refractivity contribution in [2.45, 2.75) is 19.8 Å². The lowest BCUT2D eigenvalue weighted by molar-refractivity contribution is 0.518. The Balaban J connectivity index is 2.25. The minimum atomic E-state index is -0.227. The number of aromatic nitrogens is 1. The van der Waals surface area contributed by atoms with Crippen molar-refractivity contribution in [3.8, 4) is 0 Å². The van der Waals surface area contributed by atoms with E-state index in [4.69, 9.17) is 5.73 Å². The Bertz CT molecular complexity index is 477. The third-order valence-corrected chi connectivity index (χ3v) is 3.83. The molecule has 0 radical (unpaired) electrons. The van der Waals surface area contributed by atoms with Crippen LogP contribution in [0.5, 0.6) is 0 Å². The number of nitrogens with two attached hydrogens (primary N) is 1. The highest BCUT2D eigenvalue weighted by Crippen LogP contribution is 2.25. The van der Waals surface area contributed by atoms with Crippen LogP contribution in [0.3, 0.4) is 0 Å². The second-order valence-electron chi connectivity index (χ2n) is 3.93. The molecule has 2 aromatic rings. The van der Waals surface area contributed by atoms with Gasteiger partial charge < -0.3 is 5.73 Å². The van der Waals surface area contributed by atoms with Crippen molar-refractivity contribution in [3.05, 3.63) is 29.0 Å². The maximum absolute atomic E-state index is 13.0. The quantitative estimate of drug-likeness (QED) is 0.889. The van der Waals surface area contributed by atoms with E-state index >= 15 is 0 Å². The Hall–Kier alpha value is -1.00. The van der Waals surface area contributed by atoms with Gasteiger partial charge in [-0.05, 0) is 24.6 Å². The van der Waals surface area contributed by atoms with Gasteiger partial charge in [0.2, 0.25) is 0 Å². The van der Waals surface area contributed by atoms with Gasteiger partial charge in [0.15, 0.2) is 0 Å². The van der Waals surface area contributed by atoms with E-state index in [0.29, 0.717) is 12.5 Å². The predicted octanol–water partition coefficient (Wildman–Crippen LogP) is 2.96. The van der Waals surface area contributed by atoms with Crippen molar-refractivity contribution in [3.63, 3.8) is 0 Å². The third-order valence-electron chi connectivity index (χ3n) is 2.77. The summed E-state index contributed by atoms with van der Waals surface area (Å²) in [5.41, 5.74) is 6.42. The van der Waals surface area contributed by atoms with Crippen LogP contribution in [-0.2, 0) is 6.42 Å². The zero-order valence-corrected chi connectivity index (χ0v) is 10.1. The van der Waals surface area contributed by atoms with Crippen molar-refractivity contribution < 1.29 is 4.39 Å². The molecule has 0 saturated carbocycles. The highest BCUT2D eigenvalue weighted by molar-refractivity contribution is 7.18. The minimum Gasteiger partial charge on any atom is -0.330 e. The fourth-order valence-corrected chi connectivity index (χ4v) is 2.74. The Morgan fingerprint density at radius 2 is 2.31 bits per heavy atom. The van der Waals surface area contributed by atoms with E-state index in [0.717, 1.165) is 28.1 Å². The molecule has 16 heavy (non-hydrogen) atoms. The fourth-order valence-electron chi connectivity index (χ4n) is 1.68. The van der Waals surface area contributed by atoms with Crippen molar-refractivity contribution >= 4 is 21.6 Å². The van der Waals surface area contributed by atoms with Crippen molar-refractivity contribution in [2.75, 3.05) is 6.54 Å². The number of hydrogen-bond acceptors (Lipinski definition) is 3. The summed E-state index contributed by atoms with van der Waals surface area (Å²) in [7, 11) is 0. The second-order valence-corrected chi connectivity index (χ2v) is 5.05. The number of thiazole rings is 1. The molecule has 1 unspecified atom stereocenters. The molecule has 0 aliphatic rings. The van der Waals surface area contributed by atoms with E-state index in [1.54, 1.807) is 17.4 Å². The van der Waals surface area contributed by atoms with Crippen LogP contribution in [0.2, 0.25) is 0 Å². The lowest BCUT2D eigenvalue weighted by Crippen LogP contribution is -2.15. The van der Waals surface area contributed by atoms with Crippen LogP contribution >= 0.6 is 11.3 Å². The van der Waals surface area contributed by atoms with E-state index in [1.807, 2.05) is 0 Å². The molecule has 1 aromatic heterocycles. The van der Waals surface area contributed by atoms with E-state index in [9.17, 15) is 4.39 Å². The first-order chi connectivity index (χ1) is 7.72. The molecule has 4 heteroatoms. The van der Waals surface area contributed by atoms with Crippen LogP contribution in [0, 0.1) is 11.7 Å². The molecule has 2 N–H and O–H groups in total. The summed E-state index contributed by atoms with van der Waals surface area (Å²) in [6, 6.07) is 4.75. The summed E-state index contributed by atoms with van der Waals surface area (Å²) in [6.45, 7) is 2.81. The number of hydrogen-bond donors (Lipinski definition) is 1. The Labute approximate surface area is 98.3 Å². The standard InChI is InChI=1S/C12H15FN2S/c1-2-8(7-14)5-12-15-10-6-9(13)3-4-11(10)16-12/h3-4,6,8H,2,5,7,14H2,1H3. The lowest BCUT2D eigenvalue weighted by atomic mass is 10.0. The Morgan fingerprint density at radius 3 is 3.00 bits per heavy atom. The zero-order valence-electron chi connectivity index (χ0n) is 9.24. The largest absolute Gasteiger partial charge is 0.330 e. The molecule has 0 fully saturated rings. The zero-order chi connectivity index (χ0) is 11.5. The molecule has 1 heterocycles. The molecule has 0 aliphatic heterocycles. The number of rotatable bonds is 4. The maximum Gasteiger partial charge on any atom is 0.125 e. The summed E-state index contributed by atoms with van der Waals surface area (Å²) >= 11 is 1.63. The summed E-state index contributed by atoms with van der Waals surface area (Å²) in [6.07, 6.45) is 1.95. The van der Waals surface area contributed by atoms with E-state index in [2.05, 4.69) is 11.9 Å². The predicted molar refractivity (Wildman–Crippen MR) is 66.1 cm³/mol.